The van der Waals surface area contributed by atoms with E-state index in [-0.39, 0.29) is 6.67 Å². The first-order valence-electron chi connectivity index (χ1n) is 5.02. The summed E-state index contributed by atoms with van der Waals surface area (Å²) in [7, 11) is 0. The van der Waals surface area contributed by atoms with Crippen LogP contribution >= 0.6 is 0 Å². The Hall–Kier alpha value is -1.75. The van der Waals surface area contributed by atoms with Crippen molar-refractivity contribution in [1.82, 2.24) is 15.5 Å². The maximum Gasteiger partial charge on any atom is 0.247 e. The first-order chi connectivity index (χ1) is 7.90. The number of benzene rings is 1. The third-order valence-corrected chi connectivity index (χ3v) is 2.16. The van der Waals surface area contributed by atoms with Gasteiger partial charge in [0.25, 0.3) is 0 Å². The average molecular weight is 221 g/mol. The minimum absolute atomic E-state index is 0.347. The van der Waals surface area contributed by atoms with Crippen molar-refractivity contribution >= 4 is 0 Å². The van der Waals surface area contributed by atoms with Crippen molar-refractivity contribution in [2.24, 2.45) is 0 Å². The van der Waals surface area contributed by atoms with Crippen molar-refractivity contribution in [3.05, 3.63) is 36.2 Å². The zero-order chi connectivity index (χ0) is 11.2. The van der Waals surface area contributed by atoms with Crippen LogP contribution in [-0.4, -0.2) is 23.4 Å². The van der Waals surface area contributed by atoms with Gasteiger partial charge in [-0.05, 0) is 17.7 Å². The van der Waals surface area contributed by atoms with Gasteiger partial charge in [-0.25, -0.2) is 4.39 Å². The van der Waals surface area contributed by atoms with Crippen LogP contribution in [0.2, 0.25) is 0 Å². The van der Waals surface area contributed by atoms with Gasteiger partial charge in [-0.1, -0.05) is 12.1 Å². The van der Waals surface area contributed by atoms with E-state index in [1.165, 1.54) is 6.39 Å². The number of nitrogens with one attached hydrogen (secondary N) is 1. The molecule has 0 aliphatic carbocycles. The molecule has 5 heteroatoms. The fraction of sp³-hybridized carbons (Fsp3) is 0.273. The number of aromatic nitrogens is 2. The van der Waals surface area contributed by atoms with Crippen molar-refractivity contribution in [2.75, 3.05) is 13.2 Å². The molecule has 0 spiro atoms. The van der Waals surface area contributed by atoms with Crippen LogP contribution in [-0.2, 0) is 6.54 Å². The second-order valence-electron chi connectivity index (χ2n) is 3.31. The van der Waals surface area contributed by atoms with Gasteiger partial charge in [0.05, 0.1) is 0 Å². The monoisotopic (exact) mass is 221 g/mol. The fourth-order valence-electron chi connectivity index (χ4n) is 1.36. The Morgan fingerprint density at radius 2 is 2.06 bits per heavy atom. The SMILES string of the molecule is FCCNCc1ccc(-c2nnco2)cc1. The van der Waals surface area contributed by atoms with Crippen LogP contribution in [0.5, 0.6) is 0 Å². The van der Waals surface area contributed by atoms with Gasteiger partial charge in [0, 0.05) is 18.7 Å². The van der Waals surface area contributed by atoms with Crippen LogP contribution in [0, 0.1) is 0 Å². The summed E-state index contributed by atoms with van der Waals surface area (Å²) in [5, 5.41) is 10.4. The molecule has 0 atom stereocenters. The summed E-state index contributed by atoms with van der Waals surface area (Å²) in [6.07, 6.45) is 1.30. The van der Waals surface area contributed by atoms with E-state index in [0.717, 1.165) is 11.1 Å². The van der Waals surface area contributed by atoms with E-state index in [4.69, 9.17) is 4.42 Å². The molecule has 16 heavy (non-hydrogen) atoms. The molecule has 0 aliphatic rings. The minimum atomic E-state index is -0.347. The lowest BCUT2D eigenvalue weighted by Gasteiger charge is -2.02. The molecular weight excluding hydrogens is 209 g/mol. The number of alkyl halides is 1. The Kier molecular flexibility index (Phi) is 3.61. The number of halogens is 1. The van der Waals surface area contributed by atoms with Crippen molar-refractivity contribution in [2.45, 2.75) is 6.54 Å². The Bertz CT molecular complexity index is 413. The third-order valence-electron chi connectivity index (χ3n) is 2.16. The molecule has 2 aromatic rings. The predicted molar refractivity (Wildman–Crippen MR) is 57.4 cm³/mol. The standard InChI is InChI=1S/C11H12FN3O/c12-5-6-13-7-9-1-3-10(4-2-9)11-15-14-8-16-11/h1-4,8,13H,5-7H2. The summed E-state index contributed by atoms with van der Waals surface area (Å²) < 4.78 is 16.9. The van der Waals surface area contributed by atoms with Gasteiger partial charge >= 0.3 is 0 Å². The largest absolute Gasteiger partial charge is 0.423 e. The molecule has 0 fully saturated rings. The van der Waals surface area contributed by atoms with Crippen LogP contribution in [0.1, 0.15) is 5.56 Å². The maximum atomic E-state index is 11.9. The molecule has 1 heterocycles. The molecule has 0 bridgehead atoms. The minimum Gasteiger partial charge on any atom is -0.423 e. The topological polar surface area (TPSA) is 51.0 Å². The third kappa shape index (κ3) is 2.64. The first-order valence-corrected chi connectivity index (χ1v) is 5.02. The molecular formula is C11H12FN3O. The van der Waals surface area contributed by atoms with Crippen molar-refractivity contribution in [3.63, 3.8) is 0 Å². The molecule has 0 amide bonds. The lowest BCUT2D eigenvalue weighted by molar-refractivity contribution is 0.467. The highest BCUT2D eigenvalue weighted by molar-refractivity contribution is 5.52. The van der Waals surface area contributed by atoms with Gasteiger partial charge in [0.2, 0.25) is 12.3 Å². The lowest BCUT2D eigenvalue weighted by Crippen LogP contribution is -2.15. The molecule has 2 rings (SSSR count). The first kappa shape index (κ1) is 10.8. The Labute approximate surface area is 92.5 Å². The average Bonchev–Trinajstić information content (AvgIpc) is 2.84. The zero-order valence-corrected chi connectivity index (χ0v) is 8.69. The van der Waals surface area contributed by atoms with E-state index in [1.807, 2.05) is 24.3 Å². The van der Waals surface area contributed by atoms with Crippen molar-refractivity contribution in [1.29, 1.82) is 0 Å². The molecule has 1 aromatic carbocycles. The molecule has 0 aliphatic heterocycles. The quantitative estimate of drug-likeness (QED) is 0.782. The van der Waals surface area contributed by atoms with Crippen molar-refractivity contribution in [3.8, 4) is 11.5 Å². The number of rotatable bonds is 5. The van der Waals surface area contributed by atoms with Gasteiger partial charge < -0.3 is 9.73 Å². The molecule has 1 aromatic heterocycles. The molecule has 0 saturated heterocycles. The van der Waals surface area contributed by atoms with E-state index in [2.05, 4.69) is 15.5 Å². The van der Waals surface area contributed by atoms with E-state index in [9.17, 15) is 4.39 Å². The number of hydrogen-bond donors (Lipinski definition) is 1. The highest BCUT2D eigenvalue weighted by atomic mass is 19.1. The van der Waals surface area contributed by atoms with Gasteiger partial charge in [0.1, 0.15) is 6.67 Å². The van der Waals surface area contributed by atoms with Gasteiger partial charge in [-0.2, -0.15) is 0 Å². The Morgan fingerprint density at radius 3 is 2.69 bits per heavy atom. The summed E-state index contributed by atoms with van der Waals surface area (Å²) in [6.45, 7) is 0.694. The molecule has 0 radical (unpaired) electrons. The Balaban J connectivity index is 2.00. The number of hydrogen-bond acceptors (Lipinski definition) is 4. The predicted octanol–water partition coefficient (Wildman–Crippen LogP) is 1.80. The summed E-state index contributed by atoms with van der Waals surface area (Å²) in [6, 6.07) is 7.70. The van der Waals surface area contributed by atoms with Crippen LogP contribution in [0.15, 0.2) is 35.1 Å². The highest BCUT2D eigenvalue weighted by Gasteiger charge is 2.02. The van der Waals surface area contributed by atoms with E-state index in [0.29, 0.717) is 19.0 Å². The van der Waals surface area contributed by atoms with Gasteiger partial charge in [-0.3, -0.25) is 0 Å². The van der Waals surface area contributed by atoms with Crippen LogP contribution < -0.4 is 5.32 Å². The summed E-state index contributed by atoms with van der Waals surface area (Å²) >= 11 is 0. The molecule has 4 nitrogen and oxygen atoms in total. The summed E-state index contributed by atoms with van der Waals surface area (Å²) in [5.41, 5.74) is 1.98. The fourth-order valence-corrected chi connectivity index (χ4v) is 1.36. The number of nitrogens with zero attached hydrogens (tertiary/aromatic N) is 2. The molecule has 0 saturated carbocycles. The second kappa shape index (κ2) is 5.37. The highest BCUT2D eigenvalue weighted by Crippen LogP contribution is 2.16. The molecule has 0 unspecified atom stereocenters. The Morgan fingerprint density at radius 1 is 1.25 bits per heavy atom. The van der Waals surface area contributed by atoms with Crippen LogP contribution in [0.25, 0.3) is 11.5 Å². The van der Waals surface area contributed by atoms with Crippen LogP contribution in [0.4, 0.5) is 4.39 Å². The molecule has 1 N–H and O–H groups in total. The smallest absolute Gasteiger partial charge is 0.247 e. The maximum absolute atomic E-state index is 11.9. The second-order valence-corrected chi connectivity index (χ2v) is 3.31. The van der Waals surface area contributed by atoms with E-state index >= 15 is 0 Å². The van der Waals surface area contributed by atoms with E-state index < -0.39 is 0 Å². The van der Waals surface area contributed by atoms with Gasteiger partial charge in [-0.15, -0.1) is 10.2 Å². The zero-order valence-electron chi connectivity index (χ0n) is 8.69. The van der Waals surface area contributed by atoms with Gasteiger partial charge in [0.15, 0.2) is 0 Å². The van der Waals surface area contributed by atoms with E-state index in [1.54, 1.807) is 0 Å². The lowest BCUT2D eigenvalue weighted by atomic mass is 10.1. The molecule has 84 valence electrons. The summed E-state index contributed by atoms with van der Waals surface area (Å²) in [4.78, 5) is 0. The summed E-state index contributed by atoms with van der Waals surface area (Å²) in [5.74, 6) is 0.503. The van der Waals surface area contributed by atoms with Crippen LogP contribution in [0.3, 0.4) is 0 Å². The normalized spacial score (nSPS) is 10.6. The van der Waals surface area contributed by atoms with Crippen molar-refractivity contribution < 1.29 is 8.81 Å².